The zero-order valence-electron chi connectivity index (χ0n) is 8.15. The fraction of sp³-hybridized carbons (Fsp3) is 1.00. The van der Waals surface area contributed by atoms with Crippen LogP contribution in [0.25, 0.3) is 0 Å². The Morgan fingerprint density at radius 1 is 1.50 bits per heavy atom. The average Bonchev–Trinajstić information content (AvgIpc) is 2.37. The summed E-state index contributed by atoms with van der Waals surface area (Å²) in [6.45, 7) is 5.24. The highest BCUT2D eigenvalue weighted by Gasteiger charge is 2.19. The first-order chi connectivity index (χ1) is 5.68. The summed E-state index contributed by atoms with van der Waals surface area (Å²) in [6, 6.07) is 0.457. The summed E-state index contributed by atoms with van der Waals surface area (Å²) in [5.74, 6) is 0.487. The smallest absolute Gasteiger partial charge is 0.102 e. The summed E-state index contributed by atoms with van der Waals surface area (Å²) in [5, 5.41) is 3.32. The topological polar surface area (TPSA) is 12.0 Å². The van der Waals surface area contributed by atoms with Gasteiger partial charge in [-0.1, -0.05) is 13.8 Å². The van der Waals surface area contributed by atoms with E-state index in [0.717, 1.165) is 19.4 Å². The third kappa shape index (κ3) is 3.53. The second kappa shape index (κ2) is 4.80. The molecule has 12 heavy (non-hydrogen) atoms. The van der Waals surface area contributed by atoms with Gasteiger partial charge in [-0.05, 0) is 38.1 Å². The van der Waals surface area contributed by atoms with Gasteiger partial charge in [-0.15, -0.1) is 0 Å². The van der Waals surface area contributed by atoms with Crippen molar-refractivity contribution in [2.45, 2.75) is 51.7 Å². The van der Waals surface area contributed by atoms with E-state index in [1.54, 1.807) is 0 Å². The molecule has 1 nitrogen and oxygen atoms in total. The lowest BCUT2D eigenvalue weighted by atomic mass is 10.0. The molecular weight excluding hydrogens is 153 g/mol. The number of hydrogen-bond acceptors (Lipinski definition) is 1. The number of rotatable bonds is 4. The van der Waals surface area contributed by atoms with Gasteiger partial charge in [0.15, 0.2) is 0 Å². The molecule has 0 aliphatic carbocycles. The van der Waals surface area contributed by atoms with Crippen molar-refractivity contribution >= 4 is 0 Å². The van der Waals surface area contributed by atoms with Crippen molar-refractivity contribution in [1.29, 1.82) is 0 Å². The Bertz CT molecular complexity index is 119. The first-order valence-electron chi connectivity index (χ1n) is 5.06. The van der Waals surface area contributed by atoms with Gasteiger partial charge in [0.2, 0.25) is 0 Å². The highest BCUT2D eigenvalue weighted by atomic mass is 19.1. The molecule has 0 saturated carbocycles. The van der Waals surface area contributed by atoms with Crippen LogP contribution in [0.5, 0.6) is 0 Å². The van der Waals surface area contributed by atoms with Crippen LogP contribution < -0.4 is 5.32 Å². The Labute approximate surface area is 74.7 Å². The van der Waals surface area contributed by atoms with Crippen molar-refractivity contribution in [2.75, 3.05) is 6.54 Å². The van der Waals surface area contributed by atoms with Crippen LogP contribution in [-0.2, 0) is 0 Å². The zero-order chi connectivity index (χ0) is 8.97. The predicted octanol–water partition coefficient (Wildman–Crippen LogP) is 2.51. The molecular formula is C10H20FN. The summed E-state index contributed by atoms with van der Waals surface area (Å²) >= 11 is 0. The zero-order valence-corrected chi connectivity index (χ0v) is 8.15. The summed E-state index contributed by atoms with van der Waals surface area (Å²) in [6.07, 6.45) is 3.23. The minimum absolute atomic E-state index is 0.457. The Morgan fingerprint density at radius 2 is 2.25 bits per heavy atom. The van der Waals surface area contributed by atoms with Crippen LogP contribution in [0.1, 0.15) is 39.5 Å². The van der Waals surface area contributed by atoms with Crippen molar-refractivity contribution in [3.05, 3.63) is 0 Å². The number of nitrogens with one attached hydrogen (secondary N) is 1. The van der Waals surface area contributed by atoms with Crippen LogP contribution in [0, 0.1) is 5.92 Å². The van der Waals surface area contributed by atoms with Gasteiger partial charge in [0.05, 0.1) is 0 Å². The molecule has 0 aromatic carbocycles. The SMILES string of the molecule is CC(C)CC(F)CC1CCCN1. The van der Waals surface area contributed by atoms with Crippen LogP contribution in [0.2, 0.25) is 0 Å². The summed E-state index contributed by atoms with van der Waals surface area (Å²) in [5.41, 5.74) is 0. The van der Waals surface area contributed by atoms with E-state index in [4.69, 9.17) is 0 Å². The number of hydrogen-bond donors (Lipinski definition) is 1. The van der Waals surface area contributed by atoms with E-state index >= 15 is 0 Å². The molecule has 1 heterocycles. The molecule has 1 aliphatic rings. The van der Waals surface area contributed by atoms with Gasteiger partial charge in [0.1, 0.15) is 6.17 Å². The Balaban J connectivity index is 2.11. The molecule has 2 atom stereocenters. The molecule has 0 amide bonds. The highest BCUT2D eigenvalue weighted by Crippen LogP contribution is 2.17. The molecule has 2 unspecified atom stereocenters. The van der Waals surface area contributed by atoms with Crippen molar-refractivity contribution < 1.29 is 4.39 Å². The van der Waals surface area contributed by atoms with Crippen LogP contribution >= 0.6 is 0 Å². The first kappa shape index (κ1) is 9.97. The summed E-state index contributed by atoms with van der Waals surface area (Å²) < 4.78 is 13.3. The maximum Gasteiger partial charge on any atom is 0.102 e. The van der Waals surface area contributed by atoms with Gasteiger partial charge in [-0.3, -0.25) is 0 Å². The van der Waals surface area contributed by atoms with E-state index in [9.17, 15) is 4.39 Å². The first-order valence-corrected chi connectivity index (χ1v) is 5.06. The maximum absolute atomic E-state index is 13.3. The number of halogens is 1. The standard InChI is InChI=1S/C10H20FN/c1-8(2)6-9(11)7-10-4-3-5-12-10/h8-10,12H,3-7H2,1-2H3. The van der Waals surface area contributed by atoms with Crippen LogP contribution in [0.3, 0.4) is 0 Å². The predicted molar refractivity (Wildman–Crippen MR) is 50.0 cm³/mol. The number of alkyl halides is 1. The normalized spacial score (nSPS) is 26.5. The second-order valence-electron chi connectivity index (χ2n) is 4.26. The lowest BCUT2D eigenvalue weighted by molar-refractivity contribution is 0.246. The molecule has 1 N–H and O–H groups in total. The van der Waals surface area contributed by atoms with Gasteiger partial charge in [0, 0.05) is 6.04 Å². The molecule has 1 aliphatic heterocycles. The summed E-state index contributed by atoms with van der Waals surface area (Å²) in [7, 11) is 0. The lowest BCUT2D eigenvalue weighted by Crippen LogP contribution is -2.25. The third-order valence-corrected chi connectivity index (χ3v) is 2.43. The Kier molecular flexibility index (Phi) is 3.99. The van der Waals surface area contributed by atoms with E-state index in [0.29, 0.717) is 12.0 Å². The fourth-order valence-electron chi connectivity index (χ4n) is 1.87. The summed E-state index contributed by atoms with van der Waals surface area (Å²) in [4.78, 5) is 0. The van der Waals surface area contributed by atoms with Crippen LogP contribution in [0.4, 0.5) is 4.39 Å². The molecule has 1 rings (SSSR count). The van der Waals surface area contributed by atoms with Crippen molar-refractivity contribution in [2.24, 2.45) is 5.92 Å². The monoisotopic (exact) mass is 173 g/mol. The second-order valence-corrected chi connectivity index (χ2v) is 4.26. The van der Waals surface area contributed by atoms with E-state index < -0.39 is 6.17 Å². The molecule has 0 bridgehead atoms. The molecule has 2 heteroatoms. The van der Waals surface area contributed by atoms with Gasteiger partial charge < -0.3 is 5.32 Å². The lowest BCUT2D eigenvalue weighted by Gasteiger charge is -2.15. The third-order valence-electron chi connectivity index (χ3n) is 2.43. The minimum Gasteiger partial charge on any atom is -0.314 e. The van der Waals surface area contributed by atoms with Gasteiger partial charge >= 0.3 is 0 Å². The van der Waals surface area contributed by atoms with E-state index in [1.807, 2.05) is 0 Å². The molecule has 1 fully saturated rings. The highest BCUT2D eigenvalue weighted by molar-refractivity contribution is 4.77. The molecule has 0 radical (unpaired) electrons. The molecule has 0 aromatic rings. The van der Waals surface area contributed by atoms with E-state index in [2.05, 4.69) is 19.2 Å². The molecule has 72 valence electrons. The van der Waals surface area contributed by atoms with Crippen molar-refractivity contribution in [3.63, 3.8) is 0 Å². The van der Waals surface area contributed by atoms with Crippen molar-refractivity contribution in [3.8, 4) is 0 Å². The molecule has 1 saturated heterocycles. The Hall–Kier alpha value is -0.110. The Morgan fingerprint density at radius 3 is 2.75 bits per heavy atom. The van der Waals surface area contributed by atoms with Gasteiger partial charge in [0.25, 0.3) is 0 Å². The van der Waals surface area contributed by atoms with Crippen LogP contribution in [-0.4, -0.2) is 18.8 Å². The average molecular weight is 173 g/mol. The fourth-order valence-corrected chi connectivity index (χ4v) is 1.87. The van der Waals surface area contributed by atoms with Gasteiger partial charge in [-0.25, -0.2) is 4.39 Å². The van der Waals surface area contributed by atoms with E-state index in [-0.39, 0.29) is 0 Å². The maximum atomic E-state index is 13.3. The van der Waals surface area contributed by atoms with Crippen molar-refractivity contribution in [1.82, 2.24) is 5.32 Å². The van der Waals surface area contributed by atoms with Crippen LogP contribution in [0.15, 0.2) is 0 Å². The quantitative estimate of drug-likeness (QED) is 0.688. The largest absolute Gasteiger partial charge is 0.314 e. The van der Waals surface area contributed by atoms with E-state index in [1.165, 1.54) is 12.8 Å². The molecule has 0 aromatic heterocycles. The molecule has 0 spiro atoms. The minimum atomic E-state index is -0.597. The van der Waals surface area contributed by atoms with Gasteiger partial charge in [-0.2, -0.15) is 0 Å².